The van der Waals surface area contributed by atoms with Crippen molar-refractivity contribution in [2.45, 2.75) is 43.9 Å². The summed E-state index contributed by atoms with van der Waals surface area (Å²) in [5, 5.41) is 3.62. The van der Waals surface area contributed by atoms with Crippen LogP contribution in [-0.4, -0.2) is 25.3 Å². The second-order valence-corrected chi connectivity index (χ2v) is 5.02. The fourth-order valence-electron chi connectivity index (χ4n) is 2.95. The Bertz CT molecular complexity index is 364. The van der Waals surface area contributed by atoms with Crippen LogP contribution in [0.1, 0.15) is 25.7 Å². The Hall–Kier alpha value is -1.22. The van der Waals surface area contributed by atoms with Gasteiger partial charge in [-0.1, -0.05) is 0 Å². The molecule has 0 aromatic heterocycles. The SMILES string of the molecule is COc1ccc(OC2C[C@H]3CC[C@@H](C2)N3)cc1. The van der Waals surface area contributed by atoms with Gasteiger partial charge < -0.3 is 14.8 Å². The average Bonchev–Trinajstić information content (AvgIpc) is 2.70. The summed E-state index contributed by atoms with van der Waals surface area (Å²) in [7, 11) is 1.68. The quantitative estimate of drug-likeness (QED) is 0.869. The Labute approximate surface area is 102 Å². The zero-order valence-electron chi connectivity index (χ0n) is 10.2. The zero-order chi connectivity index (χ0) is 11.7. The molecule has 2 fully saturated rings. The van der Waals surface area contributed by atoms with Crippen LogP contribution in [0.5, 0.6) is 11.5 Å². The molecule has 0 amide bonds. The third-order valence-corrected chi connectivity index (χ3v) is 3.79. The number of ether oxygens (including phenoxy) is 2. The third-order valence-electron chi connectivity index (χ3n) is 3.79. The molecule has 3 nitrogen and oxygen atoms in total. The molecule has 3 rings (SSSR count). The number of benzene rings is 1. The Morgan fingerprint density at radius 1 is 1.00 bits per heavy atom. The van der Waals surface area contributed by atoms with Crippen LogP contribution in [0, 0.1) is 0 Å². The molecule has 2 bridgehead atoms. The summed E-state index contributed by atoms with van der Waals surface area (Å²) in [6, 6.07) is 9.23. The number of hydrogen-bond acceptors (Lipinski definition) is 3. The van der Waals surface area contributed by atoms with Crippen molar-refractivity contribution in [3.8, 4) is 11.5 Å². The fourth-order valence-corrected chi connectivity index (χ4v) is 2.95. The summed E-state index contributed by atoms with van der Waals surface area (Å²) in [5.41, 5.74) is 0. The van der Waals surface area contributed by atoms with E-state index in [-0.39, 0.29) is 0 Å². The first kappa shape index (κ1) is 10.9. The highest BCUT2D eigenvalue weighted by molar-refractivity contribution is 5.31. The lowest BCUT2D eigenvalue weighted by molar-refractivity contribution is 0.137. The second-order valence-electron chi connectivity index (χ2n) is 5.02. The van der Waals surface area contributed by atoms with E-state index in [1.165, 1.54) is 12.8 Å². The average molecular weight is 233 g/mol. The monoisotopic (exact) mass is 233 g/mol. The molecule has 1 aromatic rings. The predicted molar refractivity (Wildman–Crippen MR) is 66.6 cm³/mol. The highest BCUT2D eigenvalue weighted by Crippen LogP contribution is 2.30. The van der Waals surface area contributed by atoms with E-state index in [9.17, 15) is 0 Å². The van der Waals surface area contributed by atoms with E-state index in [1.807, 2.05) is 24.3 Å². The van der Waals surface area contributed by atoms with Gasteiger partial charge in [-0.25, -0.2) is 0 Å². The van der Waals surface area contributed by atoms with E-state index in [2.05, 4.69) is 5.32 Å². The molecule has 2 heterocycles. The van der Waals surface area contributed by atoms with Crippen molar-refractivity contribution >= 4 is 0 Å². The largest absolute Gasteiger partial charge is 0.497 e. The number of fused-ring (bicyclic) bond motifs is 2. The number of methoxy groups -OCH3 is 1. The van der Waals surface area contributed by atoms with Crippen LogP contribution in [0.4, 0.5) is 0 Å². The molecule has 3 atom stereocenters. The van der Waals surface area contributed by atoms with Gasteiger partial charge in [0, 0.05) is 12.1 Å². The molecular formula is C14H19NO2. The summed E-state index contributed by atoms with van der Waals surface area (Å²) in [6.45, 7) is 0. The van der Waals surface area contributed by atoms with Gasteiger partial charge in [-0.3, -0.25) is 0 Å². The van der Waals surface area contributed by atoms with Gasteiger partial charge in [0.25, 0.3) is 0 Å². The minimum absolute atomic E-state index is 0.377. The Balaban J connectivity index is 1.62. The molecule has 92 valence electrons. The van der Waals surface area contributed by atoms with E-state index in [4.69, 9.17) is 9.47 Å². The smallest absolute Gasteiger partial charge is 0.119 e. The maximum atomic E-state index is 6.04. The van der Waals surface area contributed by atoms with Gasteiger partial charge in [-0.2, -0.15) is 0 Å². The highest BCUT2D eigenvalue weighted by Gasteiger charge is 2.34. The van der Waals surface area contributed by atoms with E-state index >= 15 is 0 Å². The molecule has 1 unspecified atom stereocenters. The van der Waals surface area contributed by atoms with Crippen LogP contribution < -0.4 is 14.8 Å². The lowest BCUT2D eigenvalue weighted by Crippen LogP contribution is -2.42. The minimum atomic E-state index is 0.377. The summed E-state index contributed by atoms with van der Waals surface area (Å²) in [5.74, 6) is 1.83. The van der Waals surface area contributed by atoms with Crippen molar-refractivity contribution in [1.82, 2.24) is 5.32 Å². The second kappa shape index (κ2) is 4.57. The van der Waals surface area contributed by atoms with Crippen molar-refractivity contribution in [3.05, 3.63) is 24.3 Å². The molecule has 17 heavy (non-hydrogen) atoms. The van der Waals surface area contributed by atoms with Gasteiger partial charge in [0.1, 0.15) is 17.6 Å². The zero-order valence-corrected chi connectivity index (χ0v) is 10.2. The molecule has 1 N–H and O–H groups in total. The molecule has 2 aliphatic rings. The Morgan fingerprint density at radius 2 is 1.59 bits per heavy atom. The molecule has 0 spiro atoms. The molecule has 0 saturated carbocycles. The van der Waals surface area contributed by atoms with Gasteiger partial charge in [0.15, 0.2) is 0 Å². The number of piperidine rings is 1. The van der Waals surface area contributed by atoms with Crippen LogP contribution in [0.2, 0.25) is 0 Å². The predicted octanol–water partition coefficient (Wildman–Crippen LogP) is 2.36. The van der Waals surface area contributed by atoms with E-state index in [0.717, 1.165) is 24.3 Å². The number of rotatable bonds is 3. The van der Waals surface area contributed by atoms with Crippen molar-refractivity contribution in [1.29, 1.82) is 0 Å². The van der Waals surface area contributed by atoms with E-state index in [0.29, 0.717) is 18.2 Å². The van der Waals surface area contributed by atoms with Gasteiger partial charge >= 0.3 is 0 Å². The molecule has 0 aliphatic carbocycles. The van der Waals surface area contributed by atoms with Gasteiger partial charge in [0.05, 0.1) is 7.11 Å². The van der Waals surface area contributed by atoms with Gasteiger partial charge in [-0.05, 0) is 49.9 Å². The summed E-state index contributed by atoms with van der Waals surface area (Å²) >= 11 is 0. The number of nitrogens with one attached hydrogen (secondary N) is 1. The fraction of sp³-hybridized carbons (Fsp3) is 0.571. The standard InChI is InChI=1S/C14H19NO2/c1-16-12-4-6-13(7-5-12)17-14-8-10-2-3-11(9-14)15-10/h4-7,10-11,14-15H,2-3,8-9H2,1H3/t10-,11+,14?. The first-order valence-electron chi connectivity index (χ1n) is 6.40. The lowest BCUT2D eigenvalue weighted by atomic mass is 10.0. The normalized spacial score (nSPS) is 31.2. The van der Waals surface area contributed by atoms with Crippen molar-refractivity contribution in [2.75, 3.05) is 7.11 Å². The molecule has 0 radical (unpaired) electrons. The molecule has 2 saturated heterocycles. The van der Waals surface area contributed by atoms with Gasteiger partial charge in [-0.15, -0.1) is 0 Å². The molecule has 2 aliphatic heterocycles. The maximum absolute atomic E-state index is 6.04. The molecular weight excluding hydrogens is 214 g/mol. The van der Waals surface area contributed by atoms with E-state index < -0.39 is 0 Å². The van der Waals surface area contributed by atoms with Crippen LogP contribution in [0.3, 0.4) is 0 Å². The van der Waals surface area contributed by atoms with Crippen molar-refractivity contribution in [2.24, 2.45) is 0 Å². The maximum Gasteiger partial charge on any atom is 0.119 e. The Kier molecular flexibility index (Phi) is 2.93. The van der Waals surface area contributed by atoms with Crippen LogP contribution in [0.15, 0.2) is 24.3 Å². The lowest BCUT2D eigenvalue weighted by Gasteiger charge is -2.29. The first-order valence-corrected chi connectivity index (χ1v) is 6.40. The van der Waals surface area contributed by atoms with Crippen molar-refractivity contribution < 1.29 is 9.47 Å². The first-order chi connectivity index (χ1) is 8.33. The van der Waals surface area contributed by atoms with Crippen molar-refractivity contribution in [3.63, 3.8) is 0 Å². The third kappa shape index (κ3) is 2.39. The molecule has 3 heteroatoms. The Morgan fingerprint density at radius 3 is 2.18 bits per heavy atom. The van der Waals surface area contributed by atoms with Gasteiger partial charge in [0.2, 0.25) is 0 Å². The molecule has 1 aromatic carbocycles. The van der Waals surface area contributed by atoms with Crippen LogP contribution >= 0.6 is 0 Å². The van der Waals surface area contributed by atoms with Crippen LogP contribution in [-0.2, 0) is 0 Å². The topological polar surface area (TPSA) is 30.5 Å². The highest BCUT2D eigenvalue weighted by atomic mass is 16.5. The minimum Gasteiger partial charge on any atom is -0.497 e. The number of hydrogen-bond donors (Lipinski definition) is 1. The van der Waals surface area contributed by atoms with Crippen LogP contribution in [0.25, 0.3) is 0 Å². The summed E-state index contributed by atoms with van der Waals surface area (Å²) < 4.78 is 11.2. The summed E-state index contributed by atoms with van der Waals surface area (Å²) in [6.07, 6.45) is 5.29. The summed E-state index contributed by atoms with van der Waals surface area (Å²) in [4.78, 5) is 0. The van der Waals surface area contributed by atoms with E-state index in [1.54, 1.807) is 7.11 Å².